The van der Waals surface area contributed by atoms with Crippen LogP contribution in [0.2, 0.25) is 0 Å². The van der Waals surface area contributed by atoms with Gasteiger partial charge in [0, 0.05) is 24.0 Å². The molecule has 1 fully saturated rings. The van der Waals surface area contributed by atoms with Crippen molar-refractivity contribution in [2.24, 2.45) is 0 Å². The second-order valence-corrected chi connectivity index (χ2v) is 4.95. The Morgan fingerprint density at radius 3 is 2.65 bits per heavy atom. The quantitative estimate of drug-likeness (QED) is 0.777. The van der Waals surface area contributed by atoms with Crippen LogP contribution in [0.1, 0.15) is 11.8 Å². The second-order valence-electron chi connectivity index (χ2n) is 4.95. The van der Waals surface area contributed by atoms with Gasteiger partial charge in [-0.2, -0.15) is 4.98 Å². The van der Waals surface area contributed by atoms with Gasteiger partial charge < -0.3 is 9.84 Å². The molecule has 4 rings (SSSR count). The van der Waals surface area contributed by atoms with Crippen molar-refractivity contribution in [2.75, 3.05) is 13.1 Å². The Bertz CT molecular complexity index is 780. The molecule has 0 aliphatic carbocycles. The number of nitrogens with one attached hydrogen (secondary N) is 1. The first-order valence-electron chi connectivity index (χ1n) is 6.55. The number of halogens is 1. The highest BCUT2D eigenvalue weighted by molar-refractivity contribution is 5.95. The number of hydrogen-bond donors (Lipinski definition) is 1. The van der Waals surface area contributed by atoms with E-state index in [1.165, 1.54) is 6.07 Å². The Labute approximate surface area is 114 Å². The van der Waals surface area contributed by atoms with E-state index in [0.717, 1.165) is 24.0 Å². The summed E-state index contributed by atoms with van der Waals surface area (Å²) in [5, 5.41) is 8.57. The Morgan fingerprint density at radius 1 is 1.10 bits per heavy atom. The molecule has 0 bridgehead atoms. The van der Waals surface area contributed by atoms with Crippen LogP contribution in [0.5, 0.6) is 0 Å². The Hall–Kier alpha value is -2.27. The van der Waals surface area contributed by atoms with Gasteiger partial charge in [-0.1, -0.05) is 29.4 Å². The molecule has 3 aromatic rings. The zero-order chi connectivity index (χ0) is 13.5. The maximum Gasteiger partial charge on any atom is 0.232 e. The van der Waals surface area contributed by atoms with Crippen LogP contribution in [0.3, 0.4) is 0 Å². The molecule has 1 saturated heterocycles. The predicted molar refractivity (Wildman–Crippen MR) is 72.8 cm³/mol. The van der Waals surface area contributed by atoms with Gasteiger partial charge in [-0.25, -0.2) is 4.39 Å². The van der Waals surface area contributed by atoms with Gasteiger partial charge >= 0.3 is 0 Å². The van der Waals surface area contributed by atoms with Gasteiger partial charge in [0.2, 0.25) is 11.7 Å². The lowest BCUT2D eigenvalue weighted by Gasteiger charge is -2.22. The average Bonchev–Trinajstić information content (AvgIpc) is 2.87. The van der Waals surface area contributed by atoms with Gasteiger partial charge in [0.25, 0.3) is 0 Å². The summed E-state index contributed by atoms with van der Waals surface area (Å²) in [7, 11) is 0. The number of fused-ring (bicyclic) bond motifs is 1. The van der Waals surface area contributed by atoms with Crippen molar-refractivity contribution in [3.63, 3.8) is 0 Å². The predicted octanol–water partition coefficient (Wildman–Crippen LogP) is 2.72. The lowest BCUT2D eigenvalue weighted by molar-refractivity contribution is 0.308. The zero-order valence-electron chi connectivity index (χ0n) is 10.6. The number of hydrogen-bond acceptors (Lipinski definition) is 4. The van der Waals surface area contributed by atoms with Gasteiger partial charge in [0.15, 0.2) is 0 Å². The lowest BCUT2D eigenvalue weighted by atomic mass is 10.0. The summed E-state index contributed by atoms with van der Waals surface area (Å²) in [6.45, 7) is 1.73. The third kappa shape index (κ3) is 1.71. The summed E-state index contributed by atoms with van der Waals surface area (Å²) in [4.78, 5) is 4.44. The largest absolute Gasteiger partial charge is 0.339 e. The molecular weight excluding hydrogens is 257 g/mol. The van der Waals surface area contributed by atoms with E-state index in [-0.39, 0.29) is 5.82 Å². The van der Waals surface area contributed by atoms with E-state index in [2.05, 4.69) is 15.5 Å². The summed E-state index contributed by atoms with van der Waals surface area (Å²) in [6.07, 6.45) is 0. The number of benzene rings is 2. The summed E-state index contributed by atoms with van der Waals surface area (Å²) in [5.41, 5.74) is 0.796. The maximum atomic E-state index is 13.8. The van der Waals surface area contributed by atoms with Crippen molar-refractivity contribution in [3.8, 4) is 11.4 Å². The van der Waals surface area contributed by atoms with Gasteiger partial charge in [-0.15, -0.1) is 0 Å². The molecule has 0 atom stereocenters. The van der Waals surface area contributed by atoms with Crippen LogP contribution in [0, 0.1) is 5.82 Å². The van der Waals surface area contributed by atoms with Gasteiger partial charge in [0.05, 0.1) is 5.92 Å². The second kappa shape index (κ2) is 4.38. The summed E-state index contributed by atoms with van der Waals surface area (Å²) in [5.74, 6) is 1.22. The third-order valence-corrected chi connectivity index (χ3v) is 3.68. The molecule has 1 aromatic heterocycles. The Balaban J connectivity index is 1.85. The first-order chi connectivity index (χ1) is 9.83. The van der Waals surface area contributed by atoms with Gasteiger partial charge in [0.1, 0.15) is 5.82 Å². The van der Waals surface area contributed by atoms with E-state index < -0.39 is 0 Å². The fourth-order valence-electron chi connectivity index (χ4n) is 2.43. The molecule has 0 radical (unpaired) electrons. The summed E-state index contributed by atoms with van der Waals surface area (Å²) in [6, 6.07) is 10.5. The number of aromatic nitrogens is 2. The van der Waals surface area contributed by atoms with Crippen molar-refractivity contribution in [3.05, 3.63) is 48.1 Å². The molecule has 1 aliphatic rings. The molecule has 4 nitrogen and oxygen atoms in total. The first kappa shape index (κ1) is 11.5. The summed E-state index contributed by atoms with van der Waals surface area (Å²) >= 11 is 0. The smallest absolute Gasteiger partial charge is 0.232 e. The minimum atomic E-state index is -0.240. The van der Waals surface area contributed by atoms with Crippen LogP contribution in [-0.4, -0.2) is 23.2 Å². The highest BCUT2D eigenvalue weighted by Crippen LogP contribution is 2.29. The van der Waals surface area contributed by atoms with Crippen LogP contribution in [0.15, 0.2) is 40.9 Å². The monoisotopic (exact) mass is 269 g/mol. The third-order valence-electron chi connectivity index (χ3n) is 3.68. The molecule has 2 heterocycles. The van der Waals surface area contributed by atoms with Crippen LogP contribution >= 0.6 is 0 Å². The molecule has 100 valence electrons. The molecular formula is C15H12FN3O. The number of nitrogens with zero attached hydrogens (tertiary/aromatic N) is 2. The highest BCUT2D eigenvalue weighted by Gasteiger charge is 2.25. The van der Waals surface area contributed by atoms with Crippen molar-refractivity contribution in [1.82, 2.24) is 15.5 Å². The zero-order valence-corrected chi connectivity index (χ0v) is 10.6. The van der Waals surface area contributed by atoms with E-state index in [4.69, 9.17) is 4.52 Å². The first-order valence-corrected chi connectivity index (χ1v) is 6.55. The van der Waals surface area contributed by atoms with Crippen LogP contribution in [0.4, 0.5) is 4.39 Å². The molecule has 0 unspecified atom stereocenters. The normalized spacial score (nSPS) is 15.4. The van der Waals surface area contributed by atoms with Gasteiger partial charge in [-0.3, -0.25) is 0 Å². The van der Waals surface area contributed by atoms with Crippen LogP contribution < -0.4 is 5.32 Å². The molecule has 5 heteroatoms. The minimum absolute atomic E-state index is 0.240. The maximum absolute atomic E-state index is 13.8. The lowest BCUT2D eigenvalue weighted by Crippen LogP contribution is -2.40. The molecule has 0 saturated carbocycles. The molecule has 0 spiro atoms. The van der Waals surface area contributed by atoms with Crippen molar-refractivity contribution in [2.45, 2.75) is 5.92 Å². The van der Waals surface area contributed by atoms with E-state index in [9.17, 15) is 4.39 Å². The SMILES string of the molecule is Fc1ccc(-c2noc(C3CNC3)n2)c2ccccc12. The minimum Gasteiger partial charge on any atom is -0.339 e. The van der Waals surface area contributed by atoms with E-state index in [1.54, 1.807) is 12.1 Å². The van der Waals surface area contributed by atoms with Crippen molar-refractivity contribution in [1.29, 1.82) is 0 Å². The topological polar surface area (TPSA) is 51.0 Å². The molecule has 0 amide bonds. The summed E-state index contributed by atoms with van der Waals surface area (Å²) < 4.78 is 19.1. The molecule has 2 aromatic carbocycles. The molecule has 1 aliphatic heterocycles. The average molecular weight is 269 g/mol. The fraction of sp³-hybridized carbons (Fsp3) is 0.200. The van der Waals surface area contributed by atoms with Crippen molar-refractivity contribution >= 4 is 10.8 Å². The highest BCUT2D eigenvalue weighted by atomic mass is 19.1. The van der Waals surface area contributed by atoms with E-state index in [0.29, 0.717) is 23.0 Å². The fourth-order valence-corrected chi connectivity index (χ4v) is 2.43. The molecule has 20 heavy (non-hydrogen) atoms. The Kier molecular flexibility index (Phi) is 2.53. The van der Waals surface area contributed by atoms with E-state index >= 15 is 0 Å². The van der Waals surface area contributed by atoms with Gasteiger partial charge in [-0.05, 0) is 17.5 Å². The van der Waals surface area contributed by atoms with Crippen molar-refractivity contribution < 1.29 is 8.91 Å². The van der Waals surface area contributed by atoms with Crippen LogP contribution in [0.25, 0.3) is 22.2 Å². The van der Waals surface area contributed by atoms with E-state index in [1.807, 2.05) is 18.2 Å². The Morgan fingerprint density at radius 2 is 1.90 bits per heavy atom. The number of rotatable bonds is 2. The van der Waals surface area contributed by atoms with Crippen LogP contribution in [-0.2, 0) is 0 Å². The standard InChI is InChI=1S/C15H12FN3O/c16-13-6-5-12(10-3-1-2-4-11(10)13)14-18-15(20-19-14)9-7-17-8-9/h1-6,9,17H,7-8H2. The molecule has 1 N–H and O–H groups in total.